The summed E-state index contributed by atoms with van der Waals surface area (Å²) in [6.07, 6.45) is 2.77. The Balaban J connectivity index is 2.58. The van der Waals surface area contributed by atoms with Crippen molar-refractivity contribution in [2.45, 2.75) is 32.2 Å². The number of hydrogen-bond acceptors (Lipinski definition) is 4. The molecule has 1 heterocycles. The molecule has 94 valence electrons. The number of nitrogens with zero attached hydrogens (tertiary/aromatic N) is 1. The van der Waals surface area contributed by atoms with Crippen LogP contribution in [0.3, 0.4) is 0 Å². The Morgan fingerprint density at radius 1 is 1.50 bits per heavy atom. The summed E-state index contributed by atoms with van der Waals surface area (Å²) in [7, 11) is -2.33. The minimum absolute atomic E-state index is 0.0103. The van der Waals surface area contributed by atoms with Gasteiger partial charge in [-0.05, 0) is 19.8 Å². The molecular weight excluding hydrogens is 232 g/mol. The predicted molar refractivity (Wildman–Crippen MR) is 59.0 cm³/mol. The van der Waals surface area contributed by atoms with Crippen molar-refractivity contribution >= 4 is 16.2 Å². The number of methoxy groups -OCH3 is 1. The van der Waals surface area contributed by atoms with E-state index in [0.717, 1.165) is 19.3 Å². The molecule has 1 N–H and O–H groups in total. The van der Waals surface area contributed by atoms with Gasteiger partial charge in [0.2, 0.25) is 0 Å². The maximum Gasteiger partial charge on any atom is 0.320 e. The molecule has 1 atom stereocenters. The smallest absolute Gasteiger partial charge is 0.320 e. The van der Waals surface area contributed by atoms with Gasteiger partial charge in [0.05, 0.1) is 7.11 Å². The second-order valence-corrected chi connectivity index (χ2v) is 5.57. The Hall–Kier alpha value is -0.660. The van der Waals surface area contributed by atoms with E-state index in [4.69, 9.17) is 0 Å². The van der Waals surface area contributed by atoms with E-state index < -0.39 is 16.2 Å². The second kappa shape index (κ2) is 5.60. The van der Waals surface area contributed by atoms with Gasteiger partial charge in [0, 0.05) is 12.6 Å². The SMILES string of the molecule is COC(=O)CNS(=O)(=O)N1CCCCC1C. The predicted octanol–water partition coefficient (Wildman–Crippen LogP) is -0.132. The third-order valence-corrected chi connectivity index (χ3v) is 4.35. The Morgan fingerprint density at radius 2 is 2.19 bits per heavy atom. The zero-order valence-corrected chi connectivity index (χ0v) is 10.4. The lowest BCUT2D eigenvalue weighted by Gasteiger charge is -2.31. The van der Waals surface area contributed by atoms with Crippen LogP contribution in [0.1, 0.15) is 26.2 Å². The maximum atomic E-state index is 11.8. The molecule has 1 fully saturated rings. The fraction of sp³-hybridized carbons (Fsp3) is 0.889. The van der Waals surface area contributed by atoms with Crippen molar-refractivity contribution in [1.82, 2.24) is 9.03 Å². The van der Waals surface area contributed by atoms with Gasteiger partial charge in [-0.2, -0.15) is 17.4 Å². The number of nitrogens with one attached hydrogen (secondary N) is 1. The van der Waals surface area contributed by atoms with E-state index in [-0.39, 0.29) is 12.6 Å². The zero-order valence-electron chi connectivity index (χ0n) is 9.60. The average molecular weight is 250 g/mol. The molecule has 1 saturated heterocycles. The largest absolute Gasteiger partial charge is 0.468 e. The molecule has 1 unspecified atom stereocenters. The topological polar surface area (TPSA) is 75.7 Å². The lowest BCUT2D eigenvalue weighted by atomic mass is 10.1. The van der Waals surface area contributed by atoms with Crippen molar-refractivity contribution in [1.29, 1.82) is 0 Å². The molecular formula is C9H18N2O4S. The highest BCUT2D eigenvalue weighted by molar-refractivity contribution is 7.87. The minimum Gasteiger partial charge on any atom is -0.468 e. The Kier molecular flexibility index (Phi) is 4.69. The maximum absolute atomic E-state index is 11.8. The molecule has 0 aromatic carbocycles. The van der Waals surface area contributed by atoms with Gasteiger partial charge in [-0.3, -0.25) is 4.79 Å². The lowest BCUT2D eigenvalue weighted by Crippen LogP contribution is -2.49. The van der Waals surface area contributed by atoms with Gasteiger partial charge in [0.15, 0.2) is 0 Å². The van der Waals surface area contributed by atoms with Crippen molar-refractivity contribution < 1.29 is 17.9 Å². The number of carbonyl (C=O) groups is 1. The highest BCUT2D eigenvalue weighted by Gasteiger charge is 2.29. The van der Waals surface area contributed by atoms with Crippen LogP contribution in [0.15, 0.2) is 0 Å². The molecule has 0 amide bonds. The monoisotopic (exact) mass is 250 g/mol. The van der Waals surface area contributed by atoms with Crippen molar-refractivity contribution in [3.05, 3.63) is 0 Å². The third-order valence-electron chi connectivity index (χ3n) is 2.68. The number of hydrogen-bond donors (Lipinski definition) is 1. The first kappa shape index (κ1) is 13.4. The zero-order chi connectivity index (χ0) is 12.2. The number of ether oxygens (including phenoxy) is 1. The molecule has 16 heavy (non-hydrogen) atoms. The van der Waals surface area contributed by atoms with E-state index in [1.807, 2.05) is 6.92 Å². The highest BCUT2D eigenvalue weighted by Crippen LogP contribution is 2.18. The molecule has 6 nitrogen and oxygen atoms in total. The molecule has 0 aliphatic carbocycles. The summed E-state index contributed by atoms with van der Waals surface area (Å²) in [6.45, 7) is 2.07. The highest BCUT2D eigenvalue weighted by atomic mass is 32.2. The first-order valence-corrected chi connectivity index (χ1v) is 6.74. The van der Waals surface area contributed by atoms with E-state index in [9.17, 15) is 13.2 Å². The van der Waals surface area contributed by atoms with E-state index >= 15 is 0 Å². The van der Waals surface area contributed by atoms with Crippen LogP contribution >= 0.6 is 0 Å². The van der Waals surface area contributed by atoms with Gasteiger partial charge in [-0.15, -0.1) is 0 Å². The first-order chi connectivity index (χ1) is 7.47. The van der Waals surface area contributed by atoms with Crippen LogP contribution in [0.2, 0.25) is 0 Å². The molecule has 0 radical (unpaired) electrons. The summed E-state index contributed by atoms with van der Waals surface area (Å²) in [5.74, 6) is -0.590. The van der Waals surface area contributed by atoms with E-state index in [1.165, 1.54) is 11.4 Å². The second-order valence-electron chi connectivity index (χ2n) is 3.86. The summed E-state index contributed by atoms with van der Waals surface area (Å²) < 4.78 is 31.7. The minimum atomic E-state index is -3.56. The van der Waals surface area contributed by atoms with Gasteiger partial charge >= 0.3 is 5.97 Å². The Morgan fingerprint density at radius 3 is 2.75 bits per heavy atom. The Labute approximate surface area is 96.1 Å². The van der Waals surface area contributed by atoms with Gasteiger partial charge in [-0.25, -0.2) is 0 Å². The van der Waals surface area contributed by atoms with Gasteiger partial charge in [-0.1, -0.05) is 6.42 Å². The molecule has 1 rings (SSSR count). The molecule has 0 aromatic rings. The van der Waals surface area contributed by atoms with Gasteiger partial charge < -0.3 is 4.74 Å². The molecule has 1 aliphatic rings. The van der Waals surface area contributed by atoms with E-state index in [1.54, 1.807) is 0 Å². The number of carbonyl (C=O) groups excluding carboxylic acids is 1. The van der Waals surface area contributed by atoms with E-state index in [0.29, 0.717) is 6.54 Å². The summed E-state index contributed by atoms with van der Waals surface area (Å²) in [5, 5.41) is 0. The van der Waals surface area contributed by atoms with Crippen LogP contribution in [0.5, 0.6) is 0 Å². The fourth-order valence-electron chi connectivity index (χ4n) is 1.73. The molecule has 7 heteroatoms. The molecule has 0 saturated carbocycles. The van der Waals surface area contributed by atoms with Crippen LogP contribution in [-0.2, 0) is 19.7 Å². The van der Waals surface area contributed by atoms with Gasteiger partial charge in [0.1, 0.15) is 6.54 Å². The summed E-state index contributed by atoms with van der Waals surface area (Å²) in [5.41, 5.74) is 0. The van der Waals surface area contributed by atoms with Crippen LogP contribution in [0, 0.1) is 0 Å². The third kappa shape index (κ3) is 3.43. The van der Waals surface area contributed by atoms with Crippen LogP contribution in [0.4, 0.5) is 0 Å². The fourth-order valence-corrected chi connectivity index (χ4v) is 3.15. The van der Waals surface area contributed by atoms with Crippen molar-refractivity contribution in [3.63, 3.8) is 0 Å². The lowest BCUT2D eigenvalue weighted by molar-refractivity contribution is -0.139. The van der Waals surface area contributed by atoms with E-state index in [2.05, 4.69) is 9.46 Å². The molecule has 0 aromatic heterocycles. The molecule has 1 aliphatic heterocycles. The average Bonchev–Trinajstić information content (AvgIpc) is 2.26. The number of piperidine rings is 1. The first-order valence-electron chi connectivity index (χ1n) is 5.30. The Bertz CT molecular complexity index is 341. The normalized spacial score (nSPS) is 23.0. The van der Waals surface area contributed by atoms with Crippen LogP contribution in [-0.4, -0.2) is 44.9 Å². The quantitative estimate of drug-likeness (QED) is 0.705. The summed E-state index contributed by atoms with van der Waals surface area (Å²) >= 11 is 0. The summed E-state index contributed by atoms with van der Waals surface area (Å²) in [6, 6.07) is -0.0103. The van der Waals surface area contributed by atoms with Crippen molar-refractivity contribution in [2.75, 3.05) is 20.2 Å². The number of esters is 1. The standard InChI is InChI=1S/C9H18N2O4S/c1-8-5-3-4-6-11(8)16(13,14)10-7-9(12)15-2/h8,10H,3-7H2,1-2H3. The summed E-state index contributed by atoms with van der Waals surface area (Å²) in [4.78, 5) is 10.9. The van der Waals surface area contributed by atoms with Crippen LogP contribution in [0.25, 0.3) is 0 Å². The van der Waals surface area contributed by atoms with Gasteiger partial charge in [0.25, 0.3) is 10.2 Å². The molecule has 0 spiro atoms. The van der Waals surface area contributed by atoms with Crippen molar-refractivity contribution in [2.24, 2.45) is 0 Å². The van der Waals surface area contributed by atoms with Crippen molar-refractivity contribution in [3.8, 4) is 0 Å². The number of rotatable bonds is 4. The molecule has 0 bridgehead atoms. The van der Waals surface area contributed by atoms with Crippen LogP contribution < -0.4 is 4.72 Å².